The van der Waals surface area contributed by atoms with Crippen LogP contribution in [-0.4, -0.2) is 13.1 Å². The lowest BCUT2D eigenvalue weighted by Crippen LogP contribution is -2.15. The van der Waals surface area contributed by atoms with Crippen molar-refractivity contribution in [2.45, 2.75) is 12.3 Å². The second-order valence-corrected chi connectivity index (χ2v) is 5.41. The Labute approximate surface area is 108 Å². The van der Waals surface area contributed by atoms with Gasteiger partial charge in [-0.15, -0.1) is 0 Å². The summed E-state index contributed by atoms with van der Waals surface area (Å²) in [5, 5.41) is 3.51. The normalized spacial score (nSPS) is 21.9. The third-order valence-electron chi connectivity index (χ3n) is 4.45. The highest BCUT2D eigenvalue weighted by Gasteiger charge is 2.34. The van der Waals surface area contributed by atoms with E-state index in [9.17, 15) is 0 Å². The maximum Gasteiger partial charge on any atom is 0.0142 e. The molecule has 1 nitrogen and oxygen atoms in total. The Kier molecular flexibility index (Phi) is 2.27. The van der Waals surface area contributed by atoms with Gasteiger partial charge in [-0.05, 0) is 47.7 Å². The van der Waals surface area contributed by atoms with Crippen molar-refractivity contribution in [3.63, 3.8) is 0 Å². The minimum atomic E-state index is 0.604. The van der Waals surface area contributed by atoms with Crippen molar-refractivity contribution in [1.82, 2.24) is 5.32 Å². The van der Waals surface area contributed by atoms with Gasteiger partial charge in [-0.3, -0.25) is 0 Å². The first-order valence-electron chi connectivity index (χ1n) is 6.84. The number of nitrogens with one attached hydrogen (secondary N) is 1. The van der Waals surface area contributed by atoms with Crippen LogP contribution in [0.15, 0.2) is 48.5 Å². The van der Waals surface area contributed by atoms with Crippen LogP contribution >= 0.6 is 0 Å². The molecular formula is C17H17N. The smallest absolute Gasteiger partial charge is 0.0142 e. The molecule has 1 unspecified atom stereocenters. The van der Waals surface area contributed by atoms with Gasteiger partial charge in [0.05, 0.1) is 0 Å². The standard InChI is InChI=1S/C17H17N/c1-3-7-15-13(5-1)14-6-2-4-8-16(14)17(15)12-9-10-18-11-12/h1-8,12,17-18H,9-11H2. The monoisotopic (exact) mass is 235 g/mol. The number of benzene rings is 2. The lowest BCUT2D eigenvalue weighted by atomic mass is 9.84. The summed E-state index contributed by atoms with van der Waals surface area (Å²) in [6.45, 7) is 2.33. The van der Waals surface area contributed by atoms with Gasteiger partial charge in [-0.2, -0.15) is 0 Å². The van der Waals surface area contributed by atoms with Gasteiger partial charge >= 0.3 is 0 Å². The Bertz CT molecular complexity index is 536. The number of hydrogen-bond donors (Lipinski definition) is 1. The summed E-state index contributed by atoms with van der Waals surface area (Å²) < 4.78 is 0. The molecule has 1 aliphatic carbocycles. The number of fused-ring (bicyclic) bond motifs is 3. The maximum absolute atomic E-state index is 3.51. The van der Waals surface area contributed by atoms with Crippen LogP contribution in [0.3, 0.4) is 0 Å². The van der Waals surface area contributed by atoms with Crippen LogP contribution < -0.4 is 5.32 Å². The predicted molar refractivity (Wildman–Crippen MR) is 74.7 cm³/mol. The molecule has 2 aliphatic rings. The predicted octanol–water partition coefficient (Wildman–Crippen LogP) is 3.41. The Balaban J connectivity index is 1.92. The first-order valence-corrected chi connectivity index (χ1v) is 6.84. The van der Waals surface area contributed by atoms with Crippen LogP contribution in [0.2, 0.25) is 0 Å². The van der Waals surface area contributed by atoms with Gasteiger partial charge in [0.2, 0.25) is 0 Å². The van der Waals surface area contributed by atoms with Crippen LogP contribution in [-0.2, 0) is 0 Å². The highest BCUT2D eigenvalue weighted by atomic mass is 14.9. The van der Waals surface area contributed by atoms with Crippen LogP contribution in [0.4, 0.5) is 0 Å². The largest absolute Gasteiger partial charge is 0.316 e. The molecule has 90 valence electrons. The van der Waals surface area contributed by atoms with Crippen LogP contribution in [0.1, 0.15) is 23.5 Å². The SMILES string of the molecule is c1ccc2c(c1)-c1ccccc1C2C1CCNC1. The van der Waals surface area contributed by atoms with Gasteiger partial charge in [0.15, 0.2) is 0 Å². The van der Waals surface area contributed by atoms with E-state index in [1.165, 1.54) is 35.2 Å². The molecule has 1 N–H and O–H groups in total. The minimum absolute atomic E-state index is 0.604. The van der Waals surface area contributed by atoms with E-state index in [0.29, 0.717) is 5.92 Å². The zero-order chi connectivity index (χ0) is 11.9. The van der Waals surface area contributed by atoms with Crippen molar-refractivity contribution in [2.75, 3.05) is 13.1 Å². The lowest BCUT2D eigenvalue weighted by molar-refractivity contribution is 0.519. The average molecular weight is 235 g/mol. The van der Waals surface area contributed by atoms with E-state index in [-0.39, 0.29) is 0 Å². The Hall–Kier alpha value is -1.60. The van der Waals surface area contributed by atoms with Crippen molar-refractivity contribution < 1.29 is 0 Å². The van der Waals surface area contributed by atoms with Gasteiger partial charge in [0.25, 0.3) is 0 Å². The summed E-state index contributed by atoms with van der Waals surface area (Å²) in [4.78, 5) is 0. The second-order valence-electron chi connectivity index (χ2n) is 5.41. The molecule has 1 atom stereocenters. The molecule has 1 aliphatic heterocycles. The van der Waals surface area contributed by atoms with E-state index in [0.717, 1.165) is 12.5 Å². The maximum atomic E-state index is 3.51. The van der Waals surface area contributed by atoms with Crippen molar-refractivity contribution in [2.24, 2.45) is 5.92 Å². The molecule has 0 radical (unpaired) electrons. The van der Waals surface area contributed by atoms with Gasteiger partial charge in [0.1, 0.15) is 0 Å². The fourth-order valence-electron chi connectivity index (χ4n) is 3.66. The van der Waals surface area contributed by atoms with Gasteiger partial charge < -0.3 is 5.32 Å². The third kappa shape index (κ3) is 1.37. The third-order valence-corrected chi connectivity index (χ3v) is 4.45. The second kappa shape index (κ2) is 3.96. The Morgan fingerprint density at radius 3 is 2.00 bits per heavy atom. The molecule has 1 saturated heterocycles. The Morgan fingerprint density at radius 1 is 0.833 bits per heavy atom. The summed E-state index contributed by atoms with van der Waals surface area (Å²) in [5.41, 5.74) is 5.97. The molecule has 0 aromatic heterocycles. The quantitative estimate of drug-likeness (QED) is 0.798. The summed E-state index contributed by atoms with van der Waals surface area (Å²) in [7, 11) is 0. The van der Waals surface area contributed by atoms with Crippen molar-refractivity contribution in [3.05, 3.63) is 59.7 Å². The van der Waals surface area contributed by atoms with E-state index >= 15 is 0 Å². The molecule has 2 aromatic carbocycles. The van der Waals surface area contributed by atoms with E-state index < -0.39 is 0 Å². The Morgan fingerprint density at radius 2 is 1.44 bits per heavy atom. The lowest BCUT2D eigenvalue weighted by Gasteiger charge is -2.20. The molecule has 4 rings (SSSR count). The number of rotatable bonds is 1. The van der Waals surface area contributed by atoms with Crippen LogP contribution in [0.5, 0.6) is 0 Å². The van der Waals surface area contributed by atoms with Crippen LogP contribution in [0, 0.1) is 5.92 Å². The zero-order valence-corrected chi connectivity index (χ0v) is 10.4. The van der Waals surface area contributed by atoms with E-state index in [1.807, 2.05) is 0 Å². The highest BCUT2D eigenvalue weighted by Crippen LogP contribution is 2.49. The fraction of sp³-hybridized carbons (Fsp3) is 0.294. The number of hydrogen-bond acceptors (Lipinski definition) is 1. The minimum Gasteiger partial charge on any atom is -0.316 e. The summed E-state index contributed by atoms with van der Waals surface area (Å²) >= 11 is 0. The molecule has 1 fully saturated rings. The first kappa shape index (κ1) is 10.3. The molecule has 0 saturated carbocycles. The topological polar surface area (TPSA) is 12.0 Å². The van der Waals surface area contributed by atoms with Crippen molar-refractivity contribution in [3.8, 4) is 11.1 Å². The van der Waals surface area contributed by atoms with Gasteiger partial charge in [-0.1, -0.05) is 48.5 Å². The molecule has 0 amide bonds. The molecule has 18 heavy (non-hydrogen) atoms. The zero-order valence-electron chi connectivity index (χ0n) is 10.4. The van der Waals surface area contributed by atoms with Crippen LogP contribution in [0.25, 0.3) is 11.1 Å². The molecule has 0 spiro atoms. The van der Waals surface area contributed by atoms with Gasteiger partial charge in [0, 0.05) is 5.92 Å². The van der Waals surface area contributed by atoms with Gasteiger partial charge in [-0.25, -0.2) is 0 Å². The van der Waals surface area contributed by atoms with Crippen molar-refractivity contribution >= 4 is 0 Å². The van der Waals surface area contributed by atoms with Crippen molar-refractivity contribution in [1.29, 1.82) is 0 Å². The summed E-state index contributed by atoms with van der Waals surface area (Å²) in [6.07, 6.45) is 1.30. The highest BCUT2D eigenvalue weighted by molar-refractivity contribution is 5.78. The molecule has 1 heteroatoms. The first-order chi connectivity index (χ1) is 8.95. The molecular weight excluding hydrogens is 218 g/mol. The van der Waals surface area contributed by atoms with E-state index in [1.54, 1.807) is 0 Å². The molecule has 0 bridgehead atoms. The summed E-state index contributed by atoms with van der Waals surface area (Å²) in [6, 6.07) is 17.9. The van der Waals surface area contributed by atoms with E-state index in [4.69, 9.17) is 0 Å². The molecule has 2 aromatic rings. The van der Waals surface area contributed by atoms with E-state index in [2.05, 4.69) is 53.8 Å². The molecule has 1 heterocycles. The summed E-state index contributed by atoms with van der Waals surface area (Å²) in [5.74, 6) is 1.36. The fourth-order valence-corrected chi connectivity index (χ4v) is 3.66. The average Bonchev–Trinajstić information content (AvgIpc) is 3.03.